The molecule has 0 spiro atoms. The number of aliphatic hydroxyl groups is 1. The van der Waals surface area contributed by atoms with Crippen molar-refractivity contribution in [2.45, 2.75) is 38.0 Å². The third kappa shape index (κ3) is 4.29. The van der Waals surface area contributed by atoms with Crippen LogP contribution in [0.5, 0.6) is 0 Å². The van der Waals surface area contributed by atoms with Gasteiger partial charge in [-0.25, -0.2) is 0 Å². The molecule has 0 amide bonds. The Kier molecular flexibility index (Phi) is 5.58. The zero-order valence-corrected chi connectivity index (χ0v) is 15.2. The van der Waals surface area contributed by atoms with Gasteiger partial charge < -0.3 is 5.11 Å². The van der Waals surface area contributed by atoms with E-state index in [9.17, 15) is 5.11 Å². The summed E-state index contributed by atoms with van der Waals surface area (Å²) in [7, 11) is 0. The Labute approximate surface area is 155 Å². The Morgan fingerprint density at radius 1 is 1.04 bits per heavy atom. The maximum Gasteiger partial charge on any atom is 0.0711 e. The summed E-state index contributed by atoms with van der Waals surface area (Å²) in [5.74, 6) is 0.272. The summed E-state index contributed by atoms with van der Waals surface area (Å²) in [5, 5.41) is 10.5. The molecule has 2 aromatic rings. The van der Waals surface area contributed by atoms with Gasteiger partial charge in [-0.2, -0.15) is 0 Å². The van der Waals surface area contributed by atoms with Crippen molar-refractivity contribution in [2.75, 3.05) is 26.2 Å². The highest BCUT2D eigenvalue weighted by Crippen LogP contribution is 2.27. The summed E-state index contributed by atoms with van der Waals surface area (Å²) in [4.78, 5) is 13.6. The van der Waals surface area contributed by atoms with Gasteiger partial charge in [0, 0.05) is 50.2 Å². The monoisotopic (exact) mass is 352 g/mol. The van der Waals surface area contributed by atoms with Crippen LogP contribution in [0.4, 0.5) is 0 Å². The summed E-state index contributed by atoms with van der Waals surface area (Å²) in [6.45, 7) is 5.10. The lowest BCUT2D eigenvalue weighted by molar-refractivity contribution is 0.104. The van der Waals surface area contributed by atoms with Crippen LogP contribution in [0.1, 0.15) is 24.1 Å². The molecule has 26 heavy (non-hydrogen) atoms. The highest BCUT2D eigenvalue weighted by atomic mass is 16.3. The largest absolute Gasteiger partial charge is 0.391 e. The van der Waals surface area contributed by atoms with Crippen LogP contribution >= 0.6 is 0 Å². The Morgan fingerprint density at radius 2 is 1.85 bits per heavy atom. The zero-order valence-electron chi connectivity index (χ0n) is 15.2. The Morgan fingerprint density at radius 3 is 2.58 bits per heavy atom. The van der Waals surface area contributed by atoms with Crippen LogP contribution in [-0.4, -0.2) is 63.2 Å². The average Bonchev–Trinajstić information content (AvgIpc) is 3.04. The molecular weight excluding hydrogens is 324 g/mol. The van der Waals surface area contributed by atoms with Crippen LogP contribution in [0.25, 0.3) is 0 Å². The molecule has 2 atom stereocenters. The van der Waals surface area contributed by atoms with Crippen molar-refractivity contribution in [1.82, 2.24) is 19.8 Å². The van der Waals surface area contributed by atoms with Crippen LogP contribution in [0.2, 0.25) is 0 Å². The molecular formula is C21H28N4O. The predicted molar refractivity (Wildman–Crippen MR) is 102 cm³/mol. The molecule has 0 unspecified atom stereocenters. The molecule has 1 N–H and O–H groups in total. The number of aromatic nitrogens is 2. The van der Waals surface area contributed by atoms with E-state index in [4.69, 9.17) is 0 Å². The molecule has 1 aromatic carbocycles. The number of benzene rings is 1. The minimum atomic E-state index is -0.251. The van der Waals surface area contributed by atoms with Crippen molar-refractivity contribution < 1.29 is 5.11 Å². The Balaban J connectivity index is 1.27. The van der Waals surface area contributed by atoms with E-state index in [2.05, 4.69) is 50.1 Å². The molecule has 5 nitrogen and oxygen atoms in total. The fraction of sp³-hybridized carbons (Fsp3) is 0.524. The van der Waals surface area contributed by atoms with Crippen LogP contribution in [0.15, 0.2) is 48.9 Å². The zero-order chi connectivity index (χ0) is 17.8. The van der Waals surface area contributed by atoms with E-state index >= 15 is 0 Å². The van der Waals surface area contributed by atoms with Gasteiger partial charge in [0.05, 0.1) is 11.8 Å². The number of hydrogen-bond acceptors (Lipinski definition) is 5. The van der Waals surface area contributed by atoms with Gasteiger partial charge >= 0.3 is 0 Å². The highest BCUT2D eigenvalue weighted by Gasteiger charge is 2.36. The normalized spacial score (nSPS) is 25.6. The third-order valence-corrected chi connectivity index (χ3v) is 5.85. The Bertz CT molecular complexity index is 673. The van der Waals surface area contributed by atoms with Crippen molar-refractivity contribution in [3.63, 3.8) is 0 Å². The van der Waals surface area contributed by atoms with Gasteiger partial charge in [-0.15, -0.1) is 0 Å². The van der Waals surface area contributed by atoms with Crippen molar-refractivity contribution in [3.05, 3.63) is 60.2 Å². The maximum absolute atomic E-state index is 10.5. The number of β-amino-alcohol motifs (C(OH)–C–C–N with tert-alkyl or cyclic N) is 1. The molecule has 0 radical (unpaired) electrons. The van der Waals surface area contributed by atoms with Gasteiger partial charge in [-0.3, -0.25) is 19.8 Å². The lowest BCUT2D eigenvalue weighted by atomic mass is 10.00. The molecule has 2 aliphatic rings. The molecule has 0 aliphatic carbocycles. The van der Waals surface area contributed by atoms with Gasteiger partial charge in [0.15, 0.2) is 0 Å². The van der Waals surface area contributed by atoms with Crippen molar-refractivity contribution in [2.24, 2.45) is 5.92 Å². The lowest BCUT2D eigenvalue weighted by Crippen LogP contribution is -2.44. The van der Waals surface area contributed by atoms with E-state index < -0.39 is 0 Å². The van der Waals surface area contributed by atoms with E-state index in [1.54, 1.807) is 12.4 Å². The van der Waals surface area contributed by atoms with Crippen LogP contribution in [-0.2, 0) is 13.0 Å². The first-order valence-corrected chi connectivity index (χ1v) is 9.71. The van der Waals surface area contributed by atoms with Crippen molar-refractivity contribution >= 4 is 0 Å². The van der Waals surface area contributed by atoms with Gasteiger partial charge in [-0.05, 0) is 37.9 Å². The average molecular weight is 352 g/mol. The van der Waals surface area contributed by atoms with Crippen LogP contribution in [0.3, 0.4) is 0 Å². The highest BCUT2D eigenvalue weighted by molar-refractivity contribution is 5.14. The first-order valence-electron chi connectivity index (χ1n) is 9.71. The molecule has 2 saturated heterocycles. The number of aliphatic hydroxyl groups excluding tert-OH is 1. The lowest BCUT2D eigenvalue weighted by Gasteiger charge is -2.36. The second-order valence-electron chi connectivity index (χ2n) is 7.68. The quantitative estimate of drug-likeness (QED) is 0.892. The number of piperidine rings is 1. The molecule has 0 saturated carbocycles. The first-order chi connectivity index (χ1) is 12.8. The molecule has 5 heteroatoms. The second kappa shape index (κ2) is 8.25. The fourth-order valence-electron chi connectivity index (χ4n) is 4.37. The predicted octanol–water partition coefficient (Wildman–Crippen LogP) is 1.98. The number of rotatable bonds is 5. The first kappa shape index (κ1) is 17.6. The summed E-state index contributed by atoms with van der Waals surface area (Å²) >= 11 is 0. The van der Waals surface area contributed by atoms with Gasteiger partial charge in [-0.1, -0.05) is 30.3 Å². The second-order valence-corrected chi connectivity index (χ2v) is 7.68. The van der Waals surface area contributed by atoms with Gasteiger partial charge in [0.2, 0.25) is 0 Å². The SMILES string of the molecule is O[C@@H]1CN(C2CCN(Cc3ccccc3)CC2)C[C@H]1Cc1cnccn1. The maximum atomic E-state index is 10.5. The molecule has 138 valence electrons. The number of likely N-dealkylation sites (tertiary alicyclic amines) is 2. The topological polar surface area (TPSA) is 52.5 Å². The Hall–Kier alpha value is -1.82. The van der Waals surface area contributed by atoms with Gasteiger partial charge in [0.1, 0.15) is 0 Å². The summed E-state index contributed by atoms with van der Waals surface area (Å²) in [5.41, 5.74) is 2.38. The minimum absolute atomic E-state index is 0.251. The minimum Gasteiger partial charge on any atom is -0.391 e. The third-order valence-electron chi connectivity index (χ3n) is 5.85. The van der Waals surface area contributed by atoms with E-state index in [1.165, 1.54) is 18.4 Å². The van der Waals surface area contributed by atoms with Gasteiger partial charge in [0.25, 0.3) is 0 Å². The van der Waals surface area contributed by atoms with Crippen molar-refractivity contribution in [3.8, 4) is 0 Å². The van der Waals surface area contributed by atoms with Crippen molar-refractivity contribution in [1.29, 1.82) is 0 Å². The molecule has 0 bridgehead atoms. The summed E-state index contributed by atoms with van der Waals surface area (Å²) in [6, 6.07) is 11.3. The fourth-order valence-corrected chi connectivity index (χ4v) is 4.37. The summed E-state index contributed by atoms with van der Waals surface area (Å²) < 4.78 is 0. The molecule has 3 heterocycles. The number of hydrogen-bond donors (Lipinski definition) is 1. The smallest absolute Gasteiger partial charge is 0.0711 e. The number of nitrogens with zero attached hydrogens (tertiary/aromatic N) is 4. The van der Waals surface area contributed by atoms with Crippen LogP contribution < -0.4 is 0 Å². The molecule has 2 fully saturated rings. The molecule has 4 rings (SSSR count). The van der Waals surface area contributed by atoms with E-state index in [1.807, 2.05) is 6.20 Å². The molecule has 1 aromatic heterocycles. The standard InChI is InChI=1S/C21H28N4O/c26-21-16-25(15-18(21)12-19-13-22-8-9-23-19)20-6-10-24(11-7-20)14-17-4-2-1-3-5-17/h1-5,8-9,13,18,20-21,26H,6-7,10-12,14-16H2/t18-,21-/m1/s1. The van der Waals surface area contributed by atoms with E-state index in [0.29, 0.717) is 6.04 Å². The summed E-state index contributed by atoms with van der Waals surface area (Å²) in [6.07, 6.45) is 8.20. The van der Waals surface area contributed by atoms with E-state index in [-0.39, 0.29) is 12.0 Å². The van der Waals surface area contributed by atoms with Crippen LogP contribution in [0, 0.1) is 5.92 Å². The molecule has 2 aliphatic heterocycles. The van der Waals surface area contributed by atoms with E-state index in [0.717, 1.165) is 44.8 Å².